The first-order valence-corrected chi connectivity index (χ1v) is 8.28. The summed E-state index contributed by atoms with van der Waals surface area (Å²) < 4.78 is 32.3. The van der Waals surface area contributed by atoms with Gasteiger partial charge in [0.15, 0.2) is 0 Å². The Morgan fingerprint density at radius 3 is 2.90 bits per heavy atom. The molecule has 1 saturated heterocycles. The lowest BCUT2D eigenvalue weighted by atomic mass is 10.1. The van der Waals surface area contributed by atoms with Crippen LogP contribution in [0, 0.1) is 18.8 Å². The van der Waals surface area contributed by atoms with Crippen molar-refractivity contribution >= 4 is 10.0 Å². The van der Waals surface area contributed by atoms with Crippen molar-refractivity contribution in [3.05, 3.63) is 29.3 Å². The lowest BCUT2D eigenvalue weighted by molar-refractivity contribution is 0.148. The summed E-state index contributed by atoms with van der Waals surface area (Å²) in [5, 5.41) is 8.73. The van der Waals surface area contributed by atoms with Crippen LogP contribution in [-0.2, 0) is 14.8 Å². The summed E-state index contributed by atoms with van der Waals surface area (Å²) in [7, 11) is -3.54. The standard InChI is InChI=1S/C15H19NO4S/c1-13-5-6-14(4-2-9-17)12-15(13)21(18,19)16-7-3-10-20-11-8-16/h5-6,12,17H,3,7-11H2,1H3. The second-order valence-corrected chi connectivity index (χ2v) is 6.72. The first-order chi connectivity index (χ1) is 10.1. The molecular formula is C15H19NO4S. The van der Waals surface area contributed by atoms with E-state index in [0.29, 0.717) is 43.9 Å². The zero-order valence-electron chi connectivity index (χ0n) is 12.0. The Kier molecular flexibility index (Phi) is 5.37. The highest BCUT2D eigenvalue weighted by Gasteiger charge is 2.26. The number of nitrogens with zero attached hydrogens (tertiary/aromatic N) is 1. The third-order valence-electron chi connectivity index (χ3n) is 3.30. The number of aliphatic hydroxyl groups is 1. The van der Waals surface area contributed by atoms with Crippen molar-refractivity contribution in [2.24, 2.45) is 0 Å². The van der Waals surface area contributed by atoms with Crippen molar-refractivity contribution in [2.45, 2.75) is 18.2 Å². The normalized spacial score (nSPS) is 16.9. The van der Waals surface area contributed by atoms with Gasteiger partial charge >= 0.3 is 0 Å². The second kappa shape index (κ2) is 7.05. The van der Waals surface area contributed by atoms with Gasteiger partial charge in [0.2, 0.25) is 10.0 Å². The molecule has 0 radical (unpaired) electrons. The number of aliphatic hydroxyl groups excluding tert-OH is 1. The van der Waals surface area contributed by atoms with Gasteiger partial charge in [-0.15, -0.1) is 0 Å². The third kappa shape index (κ3) is 3.83. The van der Waals surface area contributed by atoms with Crippen molar-refractivity contribution in [1.82, 2.24) is 4.31 Å². The molecule has 1 aliphatic heterocycles. The van der Waals surface area contributed by atoms with Crippen LogP contribution in [0.4, 0.5) is 0 Å². The van der Waals surface area contributed by atoms with Crippen molar-refractivity contribution < 1.29 is 18.3 Å². The highest BCUT2D eigenvalue weighted by molar-refractivity contribution is 7.89. The van der Waals surface area contributed by atoms with E-state index in [0.717, 1.165) is 0 Å². The molecule has 1 fully saturated rings. The number of hydrogen-bond donors (Lipinski definition) is 1. The van der Waals surface area contributed by atoms with Crippen LogP contribution < -0.4 is 0 Å². The average molecular weight is 309 g/mol. The Balaban J connectivity index is 2.38. The topological polar surface area (TPSA) is 66.8 Å². The van der Waals surface area contributed by atoms with Gasteiger partial charge < -0.3 is 9.84 Å². The van der Waals surface area contributed by atoms with E-state index in [2.05, 4.69) is 11.8 Å². The number of rotatable bonds is 2. The number of hydrogen-bond acceptors (Lipinski definition) is 4. The van der Waals surface area contributed by atoms with Gasteiger partial charge in [-0.3, -0.25) is 0 Å². The monoisotopic (exact) mass is 309 g/mol. The SMILES string of the molecule is Cc1ccc(C#CCO)cc1S(=O)(=O)N1CCCOCC1. The Hall–Kier alpha value is -1.39. The maximum Gasteiger partial charge on any atom is 0.243 e. The van der Waals surface area contributed by atoms with Crippen LogP contribution in [-0.4, -0.2) is 50.7 Å². The molecule has 2 rings (SSSR count). The minimum absolute atomic E-state index is 0.251. The summed E-state index contributed by atoms with van der Waals surface area (Å²) in [6.45, 7) is 3.36. The highest BCUT2D eigenvalue weighted by atomic mass is 32.2. The molecule has 0 amide bonds. The van der Waals surface area contributed by atoms with E-state index in [1.54, 1.807) is 25.1 Å². The van der Waals surface area contributed by atoms with Gasteiger partial charge in [0.05, 0.1) is 11.5 Å². The second-order valence-electron chi connectivity index (χ2n) is 4.81. The van der Waals surface area contributed by atoms with Crippen molar-refractivity contribution in [3.63, 3.8) is 0 Å². The molecule has 0 spiro atoms. The van der Waals surface area contributed by atoms with Gasteiger partial charge in [-0.05, 0) is 31.0 Å². The van der Waals surface area contributed by atoms with Gasteiger partial charge in [0.1, 0.15) is 6.61 Å². The highest BCUT2D eigenvalue weighted by Crippen LogP contribution is 2.22. The average Bonchev–Trinajstić information content (AvgIpc) is 2.75. The summed E-state index contributed by atoms with van der Waals surface area (Å²) >= 11 is 0. The molecule has 0 saturated carbocycles. The molecule has 0 aromatic heterocycles. The van der Waals surface area contributed by atoms with E-state index < -0.39 is 10.0 Å². The van der Waals surface area contributed by atoms with E-state index >= 15 is 0 Å². The number of ether oxygens (including phenoxy) is 1. The molecule has 0 bridgehead atoms. The lowest BCUT2D eigenvalue weighted by Crippen LogP contribution is -2.33. The molecule has 5 nitrogen and oxygen atoms in total. The molecule has 1 N–H and O–H groups in total. The zero-order valence-corrected chi connectivity index (χ0v) is 12.8. The van der Waals surface area contributed by atoms with Gasteiger partial charge in [-0.1, -0.05) is 17.9 Å². The molecule has 0 unspecified atom stereocenters. The number of benzene rings is 1. The maximum absolute atomic E-state index is 12.8. The molecule has 1 heterocycles. The predicted molar refractivity (Wildman–Crippen MR) is 79.3 cm³/mol. The van der Waals surface area contributed by atoms with Crippen molar-refractivity contribution in [2.75, 3.05) is 32.9 Å². The van der Waals surface area contributed by atoms with Crippen LogP contribution in [0.3, 0.4) is 0 Å². The number of aryl methyl sites for hydroxylation is 1. The molecule has 6 heteroatoms. The molecule has 0 atom stereocenters. The largest absolute Gasteiger partial charge is 0.384 e. The van der Waals surface area contributed by atoms with Gasteiger partial charge in [0.25, 0.3) is 0 Å². The van der Waals surface area contributed by atoms with E-state index in [1.807, 2.05) is 0 Å². The minimum atomic E-state index is -3.54. The fraction of sp³-hybridized carbons (Fsp3) is 0.467. The quantitative estimate of drug-likeness (QED) is 0.819. The van der Waals surface area contributed by atoms with Crippen molar-refractivity contribution in [1.29, 1.82) is 0 Å². The van der Waals surface area contributed by atoms with E-state index in [4.69, 9.17) is 9.84 Å². The lowest BCUT2D eigenvalue weighted by Gasteiger charge is -2.20. The summed E-state index contributed by atoms with van der Waals surface area (Å²) in [6, 6.07) is 5.06. The number of sulfonamides is 1. The Morgan fingerprint density at radius 1 is 1.33 bits per heavy atom. The van der Waals surface area contributed by atoms with E-state index in [9.17, 15) is 8.42 Å². The summed E-state index contributed by atoms with van der Waals surface area (Å²) in [5.41, 5.74) is 1.27. The van der Waals surface area contributed by atoms with Crippen LogP contribution >= 0.6 is 0 Å². The Bertz CT molecular complexity index is 650. The summed E-state index contributed by atoms with van der Waals surface area (Å²) in [4.78, 5) is 0.272. The van der Waals surface area contributed by atoms with Gasteiger partial charge in [-0.2, -0.15) is 4.31 Å². The zero-order chi connectivity index (χ0) is 15.3. The van der Waals surface area contributed by atoms with E-state index in [1.165, 1.54) is 4.31 Å². The van der Waals surface area contributed by atoms with Crippen LogP contribution in [0.2, 0.25) is 0 Å². The third-order valence-corrected chi connectivity index (χ3v) is 5.34. The van der Waals surface area contributed by atoms with Crippen molar-refractivity contribution in [3.8, 4) is 11.8 Å². The predicted octanol–water partition coefficient (Wildman–Crippen LogP) is 0.750. The summed E-state index contributed by atoms with van der Waals surface area (Å²) in [5.74, 6) is 5.27. The molecule has 0 aliphatic carbocycles. The van der Waals surface area contributed by atoms with Crippen LogP contribution in [0.5, 0.6) is 0 Å². The minimum Gasteiger partial charge on any atom is -0.384 e. The Labute approximate surface area is 125 Å². The fourth-order valence-corrected chi connectivity index (χ4v) is 3.91. The molecular weight excluding hydrogens is 290 g/mol. The van der Waals surface area contributed by atoms with Crippen LogP contribution in [0.15, 0.2) is 23.1 Å². The molecule has 1 aromatic carbocycles. The van der Waals surface area contributed by atoms with E-state index in [-0.39, 0.29) is 11.5 Å². The fourth-order valence-electron chi connectivity index (χ4n) is 2.20. The van der Waals surface area contributed by atoms with Gasteiger partial charge in [-0.25, -0.2) is 8.42 Å². The molecule has 1 aliphatic rings. The first kappa shape index (κ1) is 16.0. The molecule has 1 aromatic rings. The molecule has 21 heavy (non-hydrogen) atoms. The maximum atomic E-state index is 12.8. The summed E-state index contributed by atoms with van der Waals surface area (Å²) in [6.07, 6.45) is 0.697. The van der Waals surface area contributed by atoms with Gasteiger partial charge in [0, 0.05) is 25.3 Å². The molecule has 114 valence electrons. The van der Waals surface area contributed by atoms with Crippen LogP contribution in [0.1, 0.15) is 17.5 Å². The smallest absolute Gasteiger partial charge is 0.243 e. The first-order valence-electron chi connectivity index (χ1n) is 6.84. The Morgan fingerprint density at radius 2 is 2.14 bits per heavy atom. The van der Waals surface area contributed by atoms with Crippen LogP contribution in [0.25, 0.3) is 0 Å².